The first-order valence-electron chi connectivity index (χ1n) is 8.77. The SMILES string of the molecule is CS(=O)(=O)N1CCC(c2cc(N3CCOCC3)cc3[nH]ncc23)CC1. The predicted molar refractivity (Wildman–Crippen MR) is 97.5 cm³/mol. The minimum Gasteiger partial charge on any atom is -0.378 e. The highest BCUT2D eigenvalue weighted by Gasteiger charge is 2.27. The van der Waals surface area contributed by atoms with Gasteiger partial charge >= 0.3 is 0 Å². The van der Waals surface area contributed by atoms with Crippen molar-refractivity contribution in [3.63, 3.8) is 0 Å². The number of ether oxygens (including phenoxy) is 1. The van der Waals surface area contributed by atoms with Gasteiger partial charge in [0.1, 0.15) is 0 Å². The quantitative estimate of drug-likeness (QED) is 0.894. The Bertz CT molecular complexity index is 850. The van der Waals surface area contributed by atoms with Crippen LogP contribution in [-0.2, 0) is 14.8 Å². The first-order chi connectivity index (χ1) is 12.0. The minimum atomic E-state index is -3.10. The van der Waals surface area contributed by atoms with E-state index in [1.165, 1.54) is 17.5 Å². The molecule has 2 fully saturated rings. The Morgan fingerprint density at radius 1 is 1.16 bits per heavy atom. The Hall–Kier alpha value is -1.64. The minimum absolute atomic E-state index is 0.360. The summed E-state index contributed by atoms with van der Waals surface area (Å²) in [7, 11) is -3.10. The lowest BCUT2D eigenvalue weighted by Crippen LogP contribution is -2.37. The number of rotatable bonds is 3. The number of nitrogens with zero attached hydrogens (tertiary/aromatic N) is 3. The number of aromatic nitrogens is 2. The van der Waals surface area contributed by atoms with Crippen LogP contribution in [0.2, 0.25) is 0 Å². The fourth-order valence-electron chi connectivity index (χ4n) is 3.90. The molecule has 0 aliphatic carbocycles. The zero-order valence-electron chi connectivity index (χ0n) is 14.4. The maximum atomic E-state index is 11.8. The van der Waals surface area contributed by atoms with Crippen LogP contribution in [0.4, 0.5) is 5.69 Å². The molecule has 0 saturated carbocycles. The van der Waals surface area contributed by atoms with Crippen LogP contribution in [0.15, 0.2) is 18.3 Å². The van der Waals surface area contributed by atoms with E-state index in [0.29, 0.717) is 19.0 Å². The molecular formula is C17H24N4O3S. The van der Waals surface area contributed by atoms with Crippen LogP contribution in [0.25, 0.3) is 10.9 Å². The molecule has 1 aromatic heterocycles. The van der Waals surface area contributed by atoms with Crippen molar-refractivity contribution in [3.05, 3.63) is 23.9 Å². The molecule has 0 radical (unpaired) electrons. The lowest BCUT2D eigenvalue weighted by atomic mass is 9.88. The first-order valence-corrected chi connectivity index (χ1v) is 10.6. The predicted octanol–water partition coefficient (Wildman–Crippen LogP) is 1.54. The van der Waals surface area contributed by atoms with Gasteiger partial charge < -0.3 is 9.64 Å². The first kappa shape index (κ1) is 16.8. The van der Waals surface area contributed by atoms with E-state index in [2.05, 4.69) is 27.2 Å². The van der Waals surface area contributed by atoms with Crippen molar-refractivity contribution < 1.29 is 13.2 Å². The highest BCUT2D eigenvalue weighted by Crippen LogP contribution is 2.36. The van der Waals surface area contributed by atoms with Crippen LogP contribution in [0.5, 0.6) is 0 Å². The van der Waals surface area contributed by atoms with Crippen LogP contribution in [0, 0.1) is 0 Å². The topological polar surface area (TPSA) is 78.5 Å². The molecule has 0 amide bonds. The molecule has 4 rings (SSSR count). The zero-order chi connectivity index (χ0) is 17.4. The van der Waals surface area contributed by atoms with Gasteiger partial charge in [-0.1, -0.05) is 0 Å². The summed E-state index contributed by atoms with van der Waals surface area (Å²) in [5.74, 6) is 0.360. The van der Waals surface area contributed by atoms with Crippen molar-refractivity contribution in [2.24, 2.45) is 0 Å². The molecule has 2 saturated heterocycles. The van der Waals surface area contributed by atoms with E-state index < -0.39 is 10.0 Å². The molecule has 2 aliphatic heterocycles. The number of aromatic amines is 1. The maximum Gasteiger partial charge on any atom is 0.211 e. The number of hydrogen-bond donors (Lipinski definition) is 1. The Labute approximate surface area is 148 Å². The van der Waals surface area contributed by atoms with Crippen LogP contribution in [-0.4, -0.2) is 68.6 Å². The number of hydrogen-bond acceptors (Lipinski definition) is 5. The molecule has 1 N–H and O–H groups in total. The van der Waals surface area contributed by atoms with E-state index in [1.54, 1.807) is 4.31 Å². The number of nitrogens with one attached hydrogen (secondary N) is 1. The lowest BCUT2D eigenvalue weighted by Gasteiger charge is -2.32. The Morgan fingerprint density at radius 2 is 1.88 bits per heavy atom. The summed E-state index contributed by atoms with van der Waals surface area (Å²) in [5, 5.41) is 8.47. The van der Waals surface area contributed by atoms with Gasteiger partial charge in [-0.25, -0.2) is 12.7 Å². The standard InChI is InChI=1S/C17H24N4O3S/c1-25(22,23)21-4-2-13(3-5-21)15-10-14(20-6-8-24-9-7-20)11-17-16(15)12-18-19-17/h10-13H,2-9H2,1H3,(H,18,19). The number of morpholine rings is 1. The van der Waals surface area contributed by atoms with E-state index in [4.69, 9.17) is 4.74 Å². The summed E-state index contributed by atoms with van der Waals surface area (Å²) in [5.41, 5.74) is 3.52. The molecule has 2 aromatic rings. The summed E-state index contributed by atoms with van der Waals surface area (Å²) < 4.78 is 30.6. The maximum absolute atomic E-state index is 11.8. The van der Waals surface area contributed by atoms with E-state index in [1.807, 2.05) is 6.20 Å². The zero-order valence-corrected chi connectivity index (χ0v) is 15.3. The third-order valence-electron chi connectivity index (χ3n) is 5.31. The second-order valence-corrected chi connectivity index (χ2v) is 8.88. The molecule has 2 aliphatic rings. The molecule has 25 heavy (non-hydrogen) atoms. The third-order valence-corrected chi connectivity index (χ3v) is 6.62. The van der Waals surface area contributed by atoms with Gasteiger partial charge in [0.25, 0.3) is 0 Å². The molecule has 0 unspecified atom stereocenters. The lowest BCUT2D eigenvalue weighted by molar-refractivity contribution is 0.122. The van der Waals surface area contributed by atoms with Crippen molar-refractivity contribution in [1.82, 2.24) is 14.5 Å². The normalized spacial score (nSPS) is 21.1. The molecule has 3 heterocycles. The van der Waals surface area contributed by atoms with Crippen LogP contribution < -0.4 is 4.90 Å². The van der Waals surface area contributed by atoms with Crippen molar-refractivity contribution >= 4 is 26.6 Å². The van der Waals surface area contributed by atoms with Gasteiger partial charge in [0.2, 0.25) is 10.0 Å². The van der Waals surface area contributed by atoms with Gasteiger partial charge in [0.15, 0.2) is 0 Å². The summed E-state index contributed by atoms with van der Waals surface area (Å²) in [6, 6.07) is 4.42. The number of H-pyrrole nitrogens is 1. The highest BCUT2D eigenvalue weighted by atomic mass is 32.2. The second-order valence-electron chi connectivity index (χ2n) is 6.90. The second kappa shape index (κ2) is 6.59. The molecular weight excluding hydrogens is 340 g/mol. The Kier molecular flexibility index (Phi) is 4.43. The average Bonchev–Trinajstić information content (AvgIpc) is 3.09. The largest absolute Gasteiger partial charge is 0.378 e. The molecule has 1 aromatic carbocycles. The third kappa shape index (κ3) is 3.38. The smallest absolute Gasteiger partial charge is 0.211 e. The molecule has 8 heteroatoms. The summed E-state index contributed by atoms with van der Waals surface area (Å²) >= 11 is 0. The monoisotopic (exact) mass is 364 g/mol. The van der Waals surface area contributed by atoms with Gasteiger partial charge in [0, 0.05) is 37.3 Å². The van der Waals surface area contributed by atoms with Crippen LogP contribution >= 0.6 is 0 Å². The molecule has 7 nitrogen and oxygen atoms in total. The summed E-state index contributed by atoms with van der Waals surface area (Å²) in [6.07, 6.45) is 4.87. The van der Waals surface area contributed by atoms with Gasteiger partial charge in [-0.3, -0.25) is 5.10 Å². The fourth-order valence-corrected chi connectivity index (χ4v) is 4.78. The average molecular weight is 364 g/mol. The fraction of sp³-hybridized carbons (Fsp3) is 0.588. The van der Waals surface area contributed by atoms with Gasteiger partial charge in [0.05, 0.1) is 31.2 Å². The van der Waals surface area contributed by atoms with Crippen molar-refractivity contribution in [1.29, 1.82) is 0 Å². The van der Waals surface area contributed by atoms with Crippen molar-refractivity contribution in [2.75, 3.05) is 50.5 Å². The van der Waals surface area contributed by atoms with E-state index in [0.717, 1.165) is 50.0 Å². The number of piperidine rings is 1. The van der Waals surface area contributed by atoms with E-state index >= 15 is 0 Å². The van der Waals surface area contributed by atoms with Gasteiger partial charge in [-0.15, -0.1) is 0 Å². The number of fused-ring (bicyclic) bond motifs is 1. The molecule has 0 bridgehead atoms. The van der Waals surface area contributed by atoms with Crippen LogP contribution in [0.1, 0.15) is 24.3 Å². The van der Waals surface area contributed by atoms with Crippen molar-refractivity contribution in [3.8, 4) is 0 Å². The Morgan fingerprint density at radius 3 is 2.56 bits per heavy atom. The summed E-state index contributed by atoms with van der Waals surface area (Å²) in [4.78, 5) is 2.35. The van der Waals surface area contributed by atoms with E-state index in [9.17, 15) is 8.42 Å². The van der Waals surface area contributed by atoms with E-state index in [-0.39, 0.29) is 0 Å². The van der Waals surface area contributed by atoms with Gasteiger partial charge in [-0.2, -0.15) is 5.10 Å². The van der Waals surface area contributed by atoms with Crippen molar-refractivity contribution in [2.45, 2.75) is 18.8 Å². The number of benzene rings is 1. The van der Waals surface area contributed by atoms with Crippen LogP contribution in [0.3, 0.4) is 0 Å². The molecule has 0 atom stereocenters. The molecule has 136 valence electrons. The number of anilines is 1. The van der Waals surface area contributed by atoms with Gasteiger partial charge in [-0.05, 0) is 36.5 Å². The number of sulfonamides is 1. The highest BCUT2D eigenvalue weighted by molar-refractivity contribution is 7.88. The summed E-state index contributed by atoms with van der Waals surface area (Å²) in [6.45, 7) is 4.47. The molecule has 0 spiro atoms. The Balaban J connectivity index is 1.63.